The molecule has 1 unspecified atom stereocenters. The van der Waals surface area contributed by atoms with Gasteiger partial charge in [0.1, 0.15) is 0 Å². The van der Waals surface area contributed by atoms with Gasteiger partial charge in [0.05, 0.1) is 0 Å². The second-order valence-electron chi connectivity index (χ2n) is 3.64. The molecule has 0 aromatic carbocycles. The third kappa shape index (κ3) is 2.95. The van der Waals surface area contributed by atoms with Crippen LogP contribution in [0.4, 0.5) is 0 Å². The Morgan fingerprint density at radius 2 is 2.50 bits per heavy atom. The summed E-state index contributed by atoms with van der Waals surface area (Å²) in [6.45, 7) is 4.15. The Labute approximate surface area is 86.6 Å². The lowest BCUT2D eigenvalue weighted by molar-refractivity contribution is 0.430. The van der Waals surface area contributed by atoms with Crippen LogP contribution in [0.15, 0.2) is 4.99 Å². The zero-order valence-corrected chi connectivity index (χ0v) is 9.08. The standard InChI is InChI=1S/C11H19N3/c1-4-7-10(5-2)13-11-12-8-6-9-14(11)3/h1,10H,5-9H2,2-3H3,(H,12,13). The molecule has 0 amide bonds. The van der Waals surface area contributed by atoms with E-state index < -0.39 is 0 Å². The van der Waals surface area contributed by atoms with Crippen LogP contribution in [0.1, 0.15) is 26.2 Å². The van der Waals surface area contributed by atoms with E-state index in [1.807, 2.05) is 0 Å². The first-order valence-electron chi connectivity index (χ1n) is 5.23. The van der Waals surface area contributed by atoms with Crippen molar-refractivity contribution in [1.82, 2.24) is 10.2 Å². The van der Waals surface area contributed by atoms with Gasteiger partial charge in [-0.2, -0.15) is 0 Å². The summed E-state index contributed by atoms with van der Waals surface area (Å²) in [6.07, 6.45) is 8.25. The summed E-state index contributed by atoms with van der Waals surface area (Å²) in [5.41, 5.74) is 0. The summed E-state index contributed by atoms with van der Waals surface area (Å²) in [5, 5.41) is 3.39. The molecule has 0 saturated heterocycles. The van der Waals surface area contributed by atoms with E-state index in [1.165, 1.54) is 0 Å². The smallest absolute Gasteiger partial charge is 0.193 e. The van der Waals surface area contributed by atoms with Gasteiger partial charge in [0.2, 0.25) is 0 Å². The van der Waals surface area contributed by atoms with Crippen molar-refractivity contribution in [1.29, 1.82) is 0 Å². The maximum Gasteiger partial charge on any atom is 0.193 e. The number of hydrogen-bond acceptors (Lipinski definition) is 3. The minimum Gasteiger partial charge on any atom is -0.353 e. The Hall–Kier alpha value is -1.17. The highest BCUT2D eigenvalue weighted by Crippen LogP contribution is 2.02. The number of hydrogen-bond donors (Lipinski definition) is 1. The van der Waals surface area contributed by atoms with Gasteiger partial charge in [0, 0.05) is 32.6 Å². The average molecular weight is 193 g/mol. The van der Waals surface area contributed by atoms with E-state index in [2.05, 4.69) is 35.1 Å². The molecule has 0 fully saturated rings. The number of nitrogens with zero attached hydrogens (tertiary/aromatic N) is 2. The number of terminal acetylenes is 1. The lowest BCUT2D eigenvalue weighted by Gasteiger charge is -2.28. The molecule has 14 heavy (non-hydrogen) atoms. The first-order chi connectivity index (χ1) is 6.77. The van der Waals surface area contributed by atoms with Gasteiger partial charge >= 0.3 is 0 Å². The number of guanidine groups is 1. The Kier molecular flexibility index (Phi) is 4.31. The van der Waals surface area contributed by atoms with Crippen LogP contribution in [-0.4, -0.2) is 37.0 Å². The molecule has 78 valence electrons. The summed E-state index contributed by atoms with van der Waals surface area (Å²) in [4.78, 5) is 6.60. The van der Waals surface area contributed by atoms with Crippen molar-refractivity contribution in [2.45, 2.75) is 32.2 Å². The molecule has 0 bridgehead atoms. The van der Waals surface area contributed by atoms with Crippen molar-refractivity contribution in [3.63, 3.8) is 0 Å². The first kappa shape index (κ1) is 10.9. The Morgan fingerprint density at radius 1 is 1.71 bits per heavy atom. The van der Waals surface area contributed by atoms with Gasteiger partial charge in [0.25, 0.3) is 0 Å². The molecule has 0 spiro atoms. The molecule has 3 heteroatoms. The highest BCUT2D eigenvalue weighted by Gasteiger charge is 2.13. The van der Waals surface area contributed by atoms with Gasteiger partial charge < -0.3 is 10.2 Å². The quantitative estimate of drug-likeness (QED) is 0.679. The molecule has 1 N–H and O–H groups in total. The zero-order valence-electron chi connectivity index (χ0n) is 9.08. The van der Waals surface area contributed by atoms with Crippen LogP contribution in [0.3, 0.4) is 0 Å². The molecule has 0 aromatic heterocycles. The highest BCUT2D eigenvalue weighted by molar-refractivity contribution is 5.80. The molecule has 1 atom stereocenters. The maximum atomic E-state index is 5.30. The van der Waals surface area contributed by atoms with Crippen molar-refractivity contribution >= 4 is 5.96 Å². The van der Waals surface area contributed by atoms with Gasteiger partial charge in [-0.25, -0.2) is 0 Å². The molecule has 1 aliphatic rings. The second-order valence-corrected chi connectivity index (χ2v) is 3.64. The molecule has 0 aliphatic carbocycles. The lowest BCUT2D eigenvalue weighted by Crippen LogP contribution is -2.46. The number of aliphatic imine (C=N–C) groups is 1. The van der Waals surface area contributed by atoms with E-state index in [9.17, 15) is 0 Å². The SMILES string of the molecule is C#CCC(CC)NC1=NCCCN1C. The number of nitrogens with one attached hydrogen (secondary N) is 1. The van der Waals surface area contributed by atoms with Crippen LogP contribution in [0.5, 0.6) is 0 Å². The van der Waals surface area contributed by atoms with Crippen LogP contribution in [0.25, 0.3) is 0 Å². The third-order valence-corrected chi connectivity index (χ3v) is 2.47. The minimum atomic E-state index is 0.360. The zero-order chi connectivity index (χ0) is 10.4. The minimum absolute atomic E-state index is 0.360. The highest BCUT2D eigenvalue weighted by atomic mass is 15.3. The molecular formula is C11H19N3. The summed E-state index contributed by atoms with van der Waals surface area (Å²) >= 11 is 0. The van der Waals surface area contributed by atoms with E-state index in [0.717, 1.165) is 38.3 Å². The molecule has 0 aromatic rings. The fourth-order valence-electron chi connectivity index (χ4n) is 1.50. The average Bonchev–Trinajstić information content (AvgIpc) is 2.20. The van der Waals surface area contributed by atoms with Crippen molar-refractivity contribution in [2.24, 2.45) is 4.99 Å². The Balaban J connectivity index is 2.48. The van der Waals surface area contributed by atoms with Crippen molar-refractivity contribution in [2.75, 3.05) is 20.1 Å². The van der Waals surface area contributed by atoms with Gasteiger partial charge in [-0.15, -0.1) is 12.3 Å². The van der Waals surface area contributed by atoms with Crippen molar-refractivity contribution in [3.8, 4) is 12.3 Å². The lowest BCUT2D eigenvalue weighted by atomic mass is 10.1. The predicted octanol–water partition coefficient (Wildman–Crippen LogP) is 1.07. The topological polar surface area (TPSA) is 27.6 Å². The Morgan fingerprint density at radius 3 is 3.07 bits per heavy atom. The molecule has 3 nitrogen and oxygen atoms in total. The predicted molar refractivity (Wildman–Crippen MR) is 60.2 cm³/mol. The monoisotopic (exact) mass is 193 g/mol. The van der Waals surface area contributed by atoms with Gasteiger partial charge in [-0.1, -0.05) is 6.92 Å². The maximum absolute atomic E-state index is 5.30. The second kappa shape index (κ2) is 5.54. The van der Waals surface area contributed by atoms with Crippen LogP contribution >= 0.6 is 0 Å². The van der Waals surface area contributed by atoms with Crippen LogP contribution in [0, 0.1) is 12.3 Å². The van der Waals surface area contributed by atoms with Gasteiger partial charge in [-0.3, -0.25) is 4.99 Å². The van der Waals surface area contributed by atoms with Crippen molar-refractivity contribution in [3.05, 3.63) is 0 Å². The summed E-state index contributed by atoms with van der Waals surface area (Å²) in [6, 6.07) is 0.360. The van der Waals surface area contributed by atoms with E-state index in [4.69, 9.17) is 6.42 Å². The van der Waals surface area contributed by atoms with E-state index >= 15 is 0 Å². The van der Waals surface area contributed by atoms with E-state index in [0.29, 0.717) is 6.04 Å². The molecule has 1 aliphatic heterocycles. The van der Waals surface area contributed by atoms with E-state index in [-0.39, 0.29) is 0 Å². The summed E-state index contributed by atoms with van der Waals surface area (Å²) in [7, 11) is 2.06. The largest absolute Gasteiger partial charge is 0.353 e. The fraction of sp³-hybridized carbons (Fsp3) is 0.727. The van der Waals surface area contributed by atoms with Gasteiger partial charge in [0.15, 0.2) is 5.96 Å². The third-order valence-electron chi connectivity index (χ3n) is 2.47. The molecule has 0 saturated carbocycles. The normalized spacial score (nSPS) is 18.4. The summed E-state index contributed by atoms with van der Waals surface area (Å²) in [5.74, 6) is 3.69. The summed E-state index contributed by atoms with van der Waals surface area (Å²) < 4.78 is 0. The molecular weight excluding hydrogens is 174 g/mol. The van der Waals surface area contributed by atoms with Crippen LogP contribution in [0.2, 0.25) is 0 Å². The van der Waals surface area contributed by atoms with Crippen LogP contribution < -0.4 is 5.32 Å². The fourth-order valence-corrected chi connectivity index (χ4v) is 1.50. The Bertz CT molecular complexity index is 239. The van der Waals surface area contributed by atoms with E-state index in [1.54, 1.807) is 0 Å². The molecule has 0 radical (unpaired) electrons. The van der Waals surface area contributed by atoms with Crippen molar-refractivity contribution < 1.29 is 0 Å². The van der Waals surface area contributed by atoms with Gasteiger partial charge in [-0.05, 0) is 12.8 Å². The molecule has 1 rings (SSSR count). The molecule has 1 heterocycles. The van der Waals surface area contributed by atoms with Crippen LogP contribution in [-0.2, 0) is 0 Å². The number of rotatable bonds is 3. The first-order valence-corrected chi connectivity index (χ1v) is 5.23.